The van der Waals surface area contributed by atoms with Gasteiger partial charge in [0.15, 0.2) is 0 Å². The number of methoxy groups -OCH3 is 1. The van der Waals surface area contributed by atoms with Crippen LogP contribution in [0.5, 0.6) is 5.75 Å². The van der Waals surface area contributed by atoms with Crippen LogP contribution in [0.4, 0.5) is 14.5 Å². The number of hydrogen-bond acceptors (Lipinski definition) is 4. The maximum Gasteiger partial charge on any atom is 0.371 e. The Kier molecular flexibility index (Phi) is 5.87. The number of hydrogen-bond donors (Lipinski definition) is 0. The van der Waals surface area contributed by atoms with Crippen LogP contribution in [0.3, 0.4) is 0 Å². The summed E-state index contributed by atoms with van der Waals surface area (Å²) in [7, 11) is 1.47. The lowest BCUT2D eigenvalue weighted by atomic mass is 10.2. The second-order valence-electron chi connectivity index (χ2n) is 4.72. The number of halogens is 3. The van der Waals surface area contributed by atoms with Crippen LogP contribution in [0.1, 0.15) is 5.56 Å². The molecule has 2 aromatic carbocycles. The third kappa shape index (κ3) is 5.03. The molecule has 24 heavy (non-hydrogen) atoms. The molecule has 4 nitrogen and oxygen atoms in total. The van der Waals surface area contributed by atoms with Crippen LogP contribution < -0.4 is 4.74 Å². The molecule has 0 aromatic heterocycles. The molecule has 0 aliphatic rings. The lowest BCUT2D eigenvalue weighted by Gasteiger charge is -2.12. The van der Waals surface area contributed by atoms with E-state index in [0.29, 0.717) is 11.3 Å². The van der Waals surface area contributed by atoms with Crippen LogP contribution in [0.25, 0.3) is 0 Å². The molecule has 0 spiro atoms. The fourth-order valence-corrected chi connectivity index (χ4v) is 1.92. The number of carbonyl (C=O) groups excluding carboxylic acids is 1. The Labute approximate surface area is 142 Å². The molecule has 7 heteroatoms. The molecule has 0 saturated carbocycles. The minimum Gasteiger partial charge on any atom is -0.497 e. The van der Waals surface area contributed by atoms with Gasteiger partial charge in [-0.1, -0.05) is 30.3 Å². The summed E-state index contributed by atoms with van der Waals surface area (Å²) in [5, 5.41) is -3.95. The second kappa shape index (κ2) is 7.88. The molecular formula is C17H14ClF2NO3. The van der Waals surface area contributed by atoms with E-state index in [1.165, 1.54) is 31.4 Å². The number of alkyl halides is 3. The van der Waals surface area contributed by atoms with Gasteiger partial charge in [-0.3, -0.25) is 0 Å². The highest BCUT2D eigenvalue weighted by molar-refractivity contribution is 6.51. The molecule has 0 aliphatic carbocycles. The first-order valence-electron chi connectivity index (χ1n) is 6.91. The smallest absolute Gasteiger partial charge is 0.371 e. The molecule has 0 aliphatic heterocycles. The molecule has 2 rings (SSSR count). The summed E-state index contributed by atoms with van der Waals surface area (Å²) in [6, 6.07) is 14.6. The Morgan fingerprint density at radius 1 is 1.12 bits per heavy atom. The van der Waals surface area contributed by atoms with E-state index in [1.54, 1.807) is 30.3 Å². The highest BCUT2D eigenvalue weighted by atomic mass is 35.5. The Morgan fingerprint density at radius 3 is 2.29 bits per heavy atom. The van der Waals surface area contributed by atoms with Gasteiger partial charge in [0, 0.05) is 0 Å². The Bertz CT molecular complexity index is 713. The molecule has 0 bridgehead atoms. The van der Waals surface area contributed by atoms with E-state index in [1.807, 2.05) is 0 Å². The van der Waals surface area contributed by atoms with E-state index >= 15 is 0 Å². The second-order valence-corrected chi connectivity index (χ2v) is 5.19. The van der Waals surface area contributed by atoms with Crippen molar-refractivity contribution in [2.45, 2.75) is 12.0 Å². The zero-order valence-electron chi connectivity index (χ0n) is 12.7. The zero-order valence-corrected chi connectivity index (χ0v) is 13.5. The summed E-state index contributed by atoms with van der Waals surface area (Å²) >= 11 is 4.99. The number of rotatable bonds is 6. The normalized spacial score (nSPS) is 11.9. The Balaban J connectivity index is 2.17. The standard InChI is InChI=1S/C17H14ClF2NO3/c1-23-14-9-7-13(8-10-14)21-15(17(18,19)20)16(22)24-11-12-5-3-2-4-6-12/h2-10H,11H2,1H3. The summed E-state index contributed by atoms with van der Waals surface area (Å²) in [4.78, 5) is 15.6. The van der Waals surface area contributed by atoms with E-state index in [-0.39, 0.29) is 12.3 Å². The van der Waals surface area contributed by atoms with Crippen molar-refractivity contribution < 1.29 is 23.0 Å². The first-order valence-corrected chi connectivity index (χ1v) is 7.29. The lowest BCUT2D eigenvalue weighted by molar-refractivity contribution is -0.137. The summed E-state index contributed by atoms with van der Waals surface area (Å²) in [6.07, 6.45) is 0. The highest BCUT2D eigenvalue weighted by Crippen LogP contribution is 2.26. The first kappa shape index (κ1) is 17.9. The molecular weight excluding hydrogens is 340 g/mol. The monoisotopic (exact) mass is 353 g/mol. The predicted octanol–water partition coefficient (Wildman–Crippen LogP) is 4.34. The van der Waals surface area contributed by atoms with E-state index in [2.05, 4.69) is 4.99 Å². The molecule has 0 amide bonds. The topological polar surface area (TPSA) is 47.9 Å². The van der Waals surface area contributed by atoms with Crippen molar-refractivity contribution >= 4 is 29.0 Å². The van der Waals surface area contributed by atoms with Gasteiger partial charge in [0.25, 0.3) is 0 Å². The number of esters is 1. The maximum absolute atomic E-state index is 13.5. The van der Waals surface area contributed by atoms with Crippen molar-refractivity contribution in [1.82, 2.24) is 0 Å². The number of nitrogens with zero attached hydrogens (tertiary/aromatic N) is 1. The van der Waals surface area contributed by atoms with E-state index < -0.39 is 17.1 Å². The largest absolute Gasteiger partial charge is 0.497 e. The van der Waals surface area contributed by atoms with Crippen molar-refractivity contribution in [1.29, 1.82) is 0 Å². The predicted molar refractivity (Wildman–Crippen MR) is 87.1 cm³/mol. The van der Waals surface area contributed by atoms with Gasteiger partial charge in [0.1, 0.15) is 12.4 Å². The van der Waals surface area contributed by atoms with E-state index in [4.69, 9.17) is 21.1 Å². The Hall–Kier alpha value is -2.47. The van der Waals surface area contributed by atoms with Gasteiger partial charge in [-0.2, -0.15) is 8.78 Å². The molecule has 2 aromatic rings. The van der Waals surface area contributed by atoms with Crippen molar-refractivity contribution in [3.05, 3.63) is 60.2 Å². The number of carbonyl (C=O) groups is 1. The SMILES string of the molecule is COc1ccc(N=C(C(=O)OCc2ccccc2)C(F)(F)Cl)cc1. The third-order valence-corrected chi connectivity index (χ3v) is 3.17. The van der Waals surface area contributed by atoms with Crippen molar-refractivity contribution in [2.24, 2.45) is 4.99 Å². The zero-order chi connectivity index (χ0) is 17.6. The van der Waals surface area contributed by atoms with Crippen molar-refractivity contribution in [3.8, 4) is 5.75 Å². The minimum absolute atomic E-state index is 0.128. The van der Waals surface area contributed by atoms with Gasteiger partial charge in [-0.25, -0.2) is 9.79 Å². The molecule has 0 atom stereocenters. The summed E-state index contributed by atoms with van der Waals surface area (Å²) in [6.45, 7) is -0.158. The molecule has 0 saturated heterocycles. The van der Waals surface area contributed by atoms with E-state index in [9.17, 15) is 13.6 Å². The van der Waals surface area contributed by atoms with Gasteiger partial charge in [-0.05, 0) is 41.4 Å². The van der Waals surface area contributed by atoms with Crippen LogP contribution in [-0.4, -0.2) is 24.2 Å². The fraction of sp³-hybridized carbons (Fsp3) is 0.176. The summed E-state index contributed by atoms with van der Waals surface area (Å²) < 4.78 is 36.8. The average molecular weight is 354 g/mol. The van der Waals surface area contributed by atoms with Crippen LogP contribution in [-0.2, 0) is 16.1 Å². The van der Waals surface area contributed by atoms with Crippen molar-refractivity contribution in [2.75, 3.05) is 7.11 Å². The van der Waals surface area contributed by atoms with Gasteiger partial charge in [-0.15, -0.1) is 0 Å². The molecule has 0 radical (unpaired) electrons. The average Bonchev–Trinajstić information content (AvgIpc) is 2.58. The molecule has 0 N–H and O–H groups in total. The lowest BCUT2D eigenvalue weighted by Crippen LogP contribution is -2.31. The van der Waals surface area contributed by atoms with Crippen LogP contribution in [0.15, 0.2) is 59.6 Å². The van der Waals surface area contributed by atoms with Gasteiger partial charge in [0.2, 0.25) is 5.71 Å². The fourth-order valence-electron chi connectivity index (χ4n) is 1.80. The first-order chi connectivity index (χ1) is 11.4. The van der Waals surface area contributed by atoms with Gasteiger partial charge >= 0.3 is 11.4 Å². The molecule has 0 heterocycles. The Morgan fingerprint density at radius 2 is 1.75 bits per heavy atom. The van der Waals surface area contributed by atoms with Gasteiger partial charge < -0.3 is 9.47 Å². The van der Waals surface area contributed by atoms with Crippen LogP contribution in [0.2, 0.25) is 0 Å². The molecule has 126 valence electrons. The maximum atomic E-state index is 13.5. The van der Waals surface area contributed by atoms with Crippen molar-refractivity contribution in [3.63, 3.8) is 0 Å². The van der Waals surface area contributed by atoms with Crippen LogP contribution >= 0.6 is 11.6 Å². The minimum atomic E-state index is -3.95. The molecule has 0 fully saturated rings. The highest BCUT2D eigenvalue weighted by Gasteiger charge is 2.39. The number of benzene rings is 2. The number of aliphatic imine (C=N–C) groups is 1. The van der Waals surface area contributed by atoms with E-state index in [0.717, 1.165) is 0 Å². The summed E-state index contributed by atoms with van der Waals surface area (Å²) in [5.41, 5.74) is -0.388. The van der Waals surface area contributed by atoms with Gasteiger partial charge in [0.05, 0.1) is 12.8 Å². The molecule has 0 unspecified atom stereocenters. The van der Waals surface area contributed by atoms with Crippen LogP contribution in [0, 0.1) is 0 Å². The third-order valence-electron chi connectivity index (χ3n) is 2.99. The number of ether oxygens (including phenoxy) is 2. The summed E-state index contributed by atoms with van der Waals surface area (Å²) in [5.74, 6) is -0.755. The quantitative estimate of drug-likeness (QED) is 0.441.